The molecule has 5 heterocycles. The van der Waals surface area contributed by atoms with Crippen LogP contribution in [0.25, 0.3) is 10.2 Å². The number of aryl methyl sites for hydroxylation is 1. The molecule has 10 heteroatoms. The Morgan fingerprint density at radius 2 is 2.18 bits per heavy atom. The molecule has 1 aromatic carbocycles. The molecular weight excluding hydrogens is 460 g/mol. The maximum absolute atomic E-state index is 15.2. The third kappa shape index (κ3) is 3.23. The molecule has 4 N–H and O–H groups in total. The molecule has 0 radical (unpaired) electrons. The number of nitrogen functional groups attached to an aromatic ring is 1. The first-order valence-electron chi connectivity index (χ1n) is 11.4. The van der Waals surface area contributed by atoms with Gasteiger partial charge in [-0.2, -0.15) is 0 Å². The maximum Gasteiger partial charge on any atom is 0.263 e. The van der Waals surface area contributed by atoms with Crippen molar-refractivity contribution in [2.45, 2.75) is 38.4 Å². The summed E-state index contributed by atoms with van der Waals surface area (Å²) in [4.78, 5) is 20.4. The second-order valence-electron chi connectivity index (χ2n) is 9.43. The highest BCUT2D eigenvalue weighted by Gasteiger charge is 2.45. The number of ether oxygens (including phenoxy) is 1. The molecule has 2 aromatic heterocycles. The summed E-state index contributed by atoms with van der Waals surface area (Å²) in [5.74, 6) is -1.43. The molecule has 7 nitrogen and oxygen atoms in total. The van der Waals surface area contributed by atoms with Crippen LogP contribution in [-0.4, -0.2) is 48.7 Å². The fourth-order valence-electron chi connectivity index (χ4n) is 5.41. The number of fused-ring (bicyclic) bond motifs is 4. The number of pyridine rings is 1. The quantitative estimate of drug-likeness (QED) is 0.528. The summed E-state index contributed by atoms with van der Waals surface area (Å²) in [6.45, 7) is 5.57. The standard InChI is InChI=1S/C24H25F2N5O2S/c1-10-3-4-13-21(27)22(34-24(13)29-10)23(32)30-12-5-14-18(33-9-12)6-16(20(26)19(14)25)31-8-15-11(2)17(31)7-28-15/h3-4,6,11-12,15,17,28H,5,7-9,27H2,1-2H3,(H,30,32)/t11-,12+,15+,17+/m0/s1. The molecule has 0 unspecified atom stereocenters. The van der Waals surface area contributed by atoms with Gasteiger partial charge in [0, 0.05) is 54.3 Å². The summed E-state index contributed by atoms with van der Waals surface area (Å²) in [6, 6.07) is 5.21. The molecule has 3 aliphatic heterocycles. The Kier molecular flexibility index (Phi) is 4.93. The maximum atomic E-state index is 15.2. The van der Waals surface area contributed by atoms with E-state index in [1.165, 1.54) is 11.3 Å². The van der Waals surface area contributed by atoms with Gasteiger partial charge in [0.15, 0.2) is 11.6 Å². The van der Waals surface area contributed by atoms with Crippen LogP contribution in [0.2, 0.25) is 0 Å². The lowest BCUT2D eigenvalue weighted by atomic mass is 10.00. The van der Waals surface area contributed by atoms with E-state index in [0.717, 1.165) is 17.6 Å². The molecule has 1 amide bonds. The van der Waals surface area contributed by atoms with Crippen molar-refractivity contribution in [3.05, 3.63) is 46.0 Å². The Labute approximate surface area is 199 Å². The number of hydrogen-bond acceptors (Lipinski definition) is 7. The number of nitrogens with two attached hydrogens (primary N) is 1. The Bertz CT molecular complexity index is 1330. The molecule has 178 valence electrons. The molecule has 2 bridgehead atoms. The Morgan fingerprint density at radius 3 is 2.91 bits per heavy atom. The van der Waals surface area contributed by atoms with Gasteiger partial charge in [0.05, 0.1) is 17.4 Å². The van der Waals surface area contributed by atoms with Crippen LogP contribution in [0.15, 0.2) is 18.2 Å². The molecule has 3 aromatic rings. The van der Waals surface area contributed by atoms with E-state index < -0.39 is 17.7 Å². The molecule has 6 rings (SSSR count). The topological polar surface area (TPSA) is 92.5 Å². The monoisotopic (exact) mass is 485 g/mol. The number of benzene rings is 1. The van der Waals surface area contributed by atoms with E-state index in [1.807, 2.05) is 24.0 Å². The minimum Gasteiger partial charge on any atom is -0.491 e. The Hall–Kier alpha value is -2.98. The van der Waals surface area contributed by atoms with Gasteiger partial charge in [-0.15, -0.1) is 11.3 Å². The summed E-state index contributed by atoms with van der Waals surface area (Å²) in [5.41, 5.74) is 7.79. The molecule has 34 heavy (non-hydrogen) atoms. The van der Waals surface area contributed by atoms with Crippen LogP contribution in [0.3, 0.4) is 0 Å². The van der Waals surface area contributed by atoms with Crippen LogP contribution in [0.1, 0.15) is 27.9 Å². The molecule has 2 saturated heterocycles. The highest BCUT2D eigenvalue weighted by atomic mass is 32.1. The van der Waals surface area contributed by atoms with Crippen molar-refractivity contribution in [1.82, 2.24) is 15.6 Å². The summed E-state index contributed by atoms with van der Waals surface area (Å²) >= 11 is 1.21. The number of aromatic nitrogens is 1. The average Bonchev–Trinajstić information content (AvgIpc) is 3.45. The van der Waals surface area contributed by atoms with Crippen LogP contribution in [0.4, 0.5) is 20.2 Å². The number of nitrogens with one attached hydrogen (secondary N) is 2. The predicted octanol–water partition coefficient (Wildman–Crippen LogP) is 3.00. The summed E-state index contributed by atoms with van der Waals surface area (Å²) in [6.07, 6.45) is 0.135. The highest BCUT2D eigenvalue weighted by molar-refractivity contribution is 7.21. The zero-order valence-corrected chi connectivity index (χ0v) is 19.6. The molecule has 3 aliphatic rings. The SMILES string of the molecule is Cc1ccc2c(N)c(C(=O)N[C@H]3COc4cc(N5C[C@H]6NC[C@@H]5[C@H]6C)c(F)c(F)c4C3)sc2n1. The smallest absolute Gasteiger partial charge is 0.263 e. The van der Waals surface area contributed by atoms with Gasteiger partial charge in [-0.1, -0.05) is 6.92 Å². The van der Waals surface area contributed by atoms with E-state index in [4.69, 9.17) is 10.5 Å². The first kappa shape index (κ1) is 21.5. The van der Waals surface area contributed by atoms with Crippen molar-refractivity contribution >= 4 is 38.8 Å². The molecule has 2 fully saturated rings. The lowest BCUT2D eigenvalue weighted by molar-refractivity contribution is 0.0919. The average molecular weight is 486 g/mol. The fraction of sp³-hybridized carbons (Fsp3) is 0.417. The van der Waals surface area contributed by atoms with Crippen LogP contribution >= 0.6 is 11.3 Å². The number of carbonyl (C=O) groups excluding carboxylic acids is 1. The van der Waals surface area contributed by atoms with E-state index in [0.29, 0.717) is 33.6 Å². The molecule has 0 spiro atoms. The van der Waals surface area contributed by atoms with Gasteiger partial charge < -0.3 is 26.0 Å². The highest BCUT2D eigenvalue weighted by Crippen LogP contribution is 2.40. The summed E-state index contributed by atoms with van der Waals surface area (Å²) < 4.78 is 36.1. The van der Waals surface area contributed by atoms with E-state index in [9.17, 15) is 4.79 Å². The minimum absolute atomic E-state index is 0.135. The van der Waals surface area contributed by atoms with Crippen molar-refractivity contribution in [1.29, 1.82) is 0 Å². The Balaban J connectivity index is 1.23. The van der Waals surface area contributed by atoms with Crippen molar-refractivity contribution in [3.63, 3.8) is 0 Å². The largest absolute Gasteiger partial charge is 0.491 e. The predicted molar refractivity (Wildman–Crippen MR) is 128 cm³/mol. The van der Waals surface area contributed by atoms with Gasteiger partial charge in [-0.25, -0.2) is 13.8 Å². The molecule has 0 aliphatic carbocycles. The van der Waals surface area contributed by atoms with Crippen molar-refractivity contribution in [2.24, 2.45) is 5.92 Å². The van der Waals surface area contributed by atoms with Gasteiger partial charge in [0.2, 0.25) is 0 Å². The minimum atomic E-state index is -0.907. The van der Waals surface area contributed by atoms with Crippen molar-refractivity contribution < 1.29 is 18.3 Å². The van der Waals surface area contributed by atoms with Crippen molar-refractivity contribution in [2.75, 3.05) is 30.3 Å². The lowest BCUT2D eigenvalue weighted by Gasteiger charge is -2.32. The number of rotatable bonds is 3. The van der Waals surface area contributed by atoms with Crippen molar-refractivity contribution in [3.8, 4) is 5.75 Å². The first-order valence-corrected chi connectivity index (χ1v) is 12.2. The zero-order chi connectivity index (χ0) is 23.7. The number of halogens is 2. The number of anilines is 2. The van der Waals surface area contributed by atoms with E-state index in [-0.39, 0.29) is 42.3 Å². The third-order valence-corrected chi connectivity index (χ3v) is 8.46. The van der Waals surface area contributed by atoms with E-state index in [1.54, 1.807) is 6.07 Å². The normalized spacial score (nSPS) is 25.5. The number of hydrogen-bond donors (Lipinski definition) is 3. The fourth-order valence-corrected chi connectivity index (χ4v) is 6.46. The second-order valence-corrected chi connectivity index (χ2v) is 10.4. The van der Waals surface area contributed by atoms with E-state index in [2.05, 4.69) is 22.5 Å². The molecule has 0 saturated carbocycles. The van der Waals surface area contributed by atoms with Crippen LogP contribution < -0.4 is 26.0 Å². The van der Waals surface area contributed by atoms with Gasteiger partial charge >= 0.3 is 0 Å². The number of nitrogens with zero attached hydrogens (tertiary/aromatic N) is 2. The summed E-state index contributed by atoms with van der Waals surface area (Å²) in [5, 5.41) is 7.01. The van der Waals surface area contributed by atoms with Gasteiger partial charge in [0.25, 0.3) is 5.91 Å². The second kappa shape index (κ2) is 7.78. The first-order chi connectivity index (χ1) is 16.3. The number of thiophene rings is 1. The third-order valence-electron chi connectivity index (χ3n) is 7.35. The van der Waals surface area contributed by atoms with Gasteiger partial charge in [0.1, 0.15) is 22.1 Å². The number of amides is 1. The van der Waals surface area contributed by atoms with Crippen LogP contribution in [0.5, 0.6) is 5.75 Å². The zero-order valence-electron chi connectivity index (χ0n) is 18.8. The number of carbonyl (C=O) groups is 1. The molecular formula is C24H25F2N5O2S. The summed E-state index contributed by atoms with van der Waals surface area (Å²) in [7, 11) is 0. The van der Waals surface area contributed by atoms with Crippen LogP contribution in [-0.2, 0) is 6.42 Å². The molecule has 4 atom stereocenters. The Morgan fingerprint density at radius 1 is 1.35 bits per heavy atom. The lowest BCUT2D eigenvalue weighted by Crippen LogP contribution is -2.45. The van der Waals surface area contributed by atoms with Crippen LogP contribution in [0, 0.1) is 24.5 Å². The van der Waals surface area contributed by atoms with Gasteiger partial charge in [-0.05, 0) is 25.0 Å². The van der Waals surface area contributed by atoms with E-state index >= 15 is 8.78 Å². The number of piperazine rings is 1. The van der Waals surface area contributed by atoms with Gasteiger partial charge in [-0.3, -0.25) is 4.79 Å².